The number of ether oxygens (including phenoxy) is 2. The van der Waals surface area contributed by atoms with Gasteiger partial charge in [-0.3, -0.25) is 0 Å². The maximum absolute atomic E-state index is 11.4. The predicted molar refractivity (Wildman–Crippen MR) is 70.4 cm³/mol. The number of carbonyl (C=O) groups is 1. The molecule has 0 saturated heterocycles. The summed E-state index contributed by atoms with van der Waals surface area (Å²) in [7, 11) is 0. The van der Waals surface area contributed by atoms with Crippen LogP contribution in [0.15, 0.2) is 24.3 Å². The zero-order valence-electron chi connectivity index (χ0n) is 11.0. The first-order valence-corrected chi connectivity index (χ1v) is 6.28. The van der Waals surface area contributed by atoms with Crippen molar-refractivity contribution in [1.29, 1.82) is 0 Å². The van der Waals surface area contributed by atoms with E-state index >= 15 is 0 Å². The second kappa shape index (κ2) is 7.71. The van der Waals surface area contributed by atoms with Gasteiger partial charge in [0.25, 0.3) is 0 Å². The molecule has 1 atom stereocenters. The fraction of sp³-hybridized carbons (Fsp3) is 0.500. The molecule has 0 amide bonds. The second-order valence-electron chi connectivity index (χ2n) is 4.19. The third-order valence-corrected chi connectivity index (χ3v) is 2.52. The molecule has 1 rings (SSSR count). The molecule has 0 heterocycles. The minimum atomic E-state index is -0.345. The topological polar surface area (TPSA) is 61.5 Å². The summed E-state index contributed by atoms with van der Waals surface area (Å²) in [5, 5.41) is 0. The van der Waals surface area contributed by atoms with Gasteiger partial charge in [-0.1, -0.05) is 31.5 Å². The molecular weight excluding hydrogens is 230 g/mol. The Morgan fingerprint density at radius 3 is 2.78 bits per heavy atom. The number of esters is 1. The van der Waals surface area contributed by atoms with Gasteiger partial charge in [0.05, 0.1) is 6.61 Å². The third-order valence-electron chi connectivity index (χ3n) is 2.52. The quantitative estimate of drug-likeness (QED) is 0.597. The Bertz CT molecular complexity index is 377. The minimum Gasteiger partial charge on any atom is -0.482 e. The molecule has 100 valence electrons. The smallest absolute Gasteiger partial charge is 0.344 e. The van der Waals surface area contributed by atoms with E-state index in [9.17, 15) is 4.79 Å². The lowest BCUT2D eigenvalue weighted by molar-refractivity contribution is -0.146. The van der Waals surface area contributed by atoms with Crippen LogP contribution in [-0.2, 0) is 9.53 Å². The van der Waals surface area contributed by atoms with Gasteiger partial charge in [0.1, 0.15) is 5.75 Å². The molecule has 0 aliphatic carbocycles. The molecule has 4 nitrogen and oxygen atoms in total. The first-order chi connectivity index (χ1) is 8.65. The van der Waals surface area contributed by atoms with Gasteiger partial charge in [0, 0.05) is 11.6 Å². The van der Waals surface area contributed by atoms with Crippen molar-refractivity contribution in [1.82, 2.24) is 0 Å². The molecule has 0 aliphatic rings. The molecule has 1 aromatic rings. The standard InChI is InChI=1S/C14H21NO3/c1-3-4-9-17-14(16)10-18-13-8-6-5-7-12(13)11(2)15/h5-8,11H,3-4,9-10,15H2,1-2H3/t11-/m1/s1. The third kappa shape index (κ3) is 4.75. The van der Waals surface area contributed by atoms with Crippen molar-refractivity contribution in [3.8, 4) is 5.75 Å². The van der Waals surface area contributed by atoms with E-state index in [1.54, 1.807) is 6.07 Å². The summed E-state index contributed by atoms with van der Waals surface area (Å²) in [5.41, 5.74) is 6.71. The summed E-state index contributed by atoms with van der Waals surface area (Å²) in [6.45, 7) is 4.30. The Balaban J connectivity index is 2.45. The van der Waals surface area contributed by atoms with Crippen LogP contribution in [0, 0.1) is 0 Å². The lowest BCUT2D eigenvalue weighted by Crippen LogP contribution is -2.17. The molecule has 0 saturated carbocycles. The largest absolute Gasteiger partial charge is 0.482 e. The molecule has 0 fully saturated rings. The average molecular weight is 251 g/mol. The highest BCUT2D eigenvalue weighted by Gasteiger charge is 2.09. The molecule has 18 heavy (non-hydrogen) atoms. The summed E-state index contributed by atoms with van der Waals surface area (Å²) >= 11 is 0. The maximum atomic E-state index is 11.4. The highest BCUT2D eigenvalue weighted by molar-refractivity contribution is 5.71. The molecular formula is C14H21NO3. The maximum Gasteiger partial charge on any atom is 0.344 e. The normalized spacial score (nSPS) is 11.9. The summed E-state index contributed by atoms with van der Waals surface area (Å²) in [4.78, 5) is 11.4. The van der Waals surface area contributed by atoms with Crippen molar-refractivity contribution in [2.45, 2.75) is 32.7 Å². The summed E-state index contributed by atoms with van der Waals surface area (Å²) in [6, 6.07) is 7.31. The van der Waals surface area contributed by atoms with Crippen LogP contribution in [0.25, 0.3) is 0 Å². The SMILES string of the molecule is CCCCOC(=O)COc1ccccc1[C@@H](C)N. The fourth-order valence-electron chi connectivity index (χ4n) is 1.50. The van der Waals surface area contributed by atoms with Gasteiger partial charge in [0.15, 0.2) is 6.61 Å². The van der Waals surface area contributed by atoms with Crippen LogP contribution < -0.4 is 10.5 Å². The van der Waals surface area contributed by atoms with E-state index < -0.39 is 0 Å². The fourth-order valence-corrected chi connectivity index (χ4v) is 1.50. The number of rotatable bonds is 7. The first kappa shape index (κ1) is 14.5. The van der Waals surface area contributed by atoms with Gasteiger partial charge >= 0.3 is 5.97 Å². The van der Waals surface area contributed by atoms with Crippen molar-refractivity contribution in [2.75, 3.05) is 13.2 Å². The highest BCUT2D eigenvalue weighted by Crippen LogP contribution is 2.22. The van der Waals surface area contributed by atoms with Crippen LogP contribution in [0.2, 0.25) is 0 Å². The Morgan fingerprint density at radius 1 is 1.39 bits per heavy atom. The van der Waals surface area contributed by atoms with E-state index in [1.165, 1.54) is 0 Å². The van der Waals surface area contributed by atoms with Gasteiger partial charge in [-0.25, -0.2) is 4.79 Å². The zero-order chi connectivity index (χ0) is 13.4. The molecule has 0 aromatic heterocycles. The van der Waals surface area contributed by atoms with Gasteiger partial charge in [0.2, 0.25) is 0 Å². The Morgan fingerprint density at radius 2 is 2.11 bits per heavy atom. The van der Waals surface area contributed by atoms with Crippen LogP contribution in [0.4, 0.5) is 0 Å². The lowest BCUT2D eigenvalue weighted by atomic mass is 10.1. The molecule has 0 aliphatic heterocycles. The molecule has 0 spiro atoms. The zero-order valence-corrected chi connectivity index (χ0v) is 11.0. The van der Waals surface area contributed by atoms with E-state index in [0.717, 1.165) is 18.4 Å². The molecule has 0 radical (unpaired) electrons. The van der Waals surface area contributed by atoms with Crippen LogP contribution in [0.5, 0.6) is 5.75 Å². The Kier molecular flexibility index (Phi) is 6.22. The van der Waals surface area contributed by atoms with E-state index in [0.29, 0.717) is 12.4 Å². The van der Waals surface area contributed by atoms with Crippen LogP contribution >= 0.6 is 0 Å². The van der Waals surface area contributed by atoms with Gasteiger partial charge in [-0.05, 0) is 19.4 Å². The van der Waals surface area contributed by atoms with E-state index in [1.807, 2.05) is 32.0 Å². The lowest BCUT2D eigenvalue weighted by Gasteiger charge is -2.13. The minimum absolute atomic E-state index is 0.0759. The summed E-state index contributed by atoms with van der Waals surface area (Å²) in [5.74, 6) is 0.294. The monoisotopic (exact) mass is 251 g/mol. The van der Waals surface area contributed by atoms with Crippen molar-refractivity contribution in [3.63, 3.8) is 0 Å². The number of carbonyl (C=O) groups excluding carboxylic acids is 1. The van der Waals surface area contributed by atoms with Crippen LogP contribution in [-0.4, -0.2) is 19.2 Å². The average Bonchev–Trinajstić information content (AvgIpc) is 2.37. The molecule has 1 aromatic carbocycles. The molecule has 2 N–H and O–H groups in total. The van der Waals surface area contributed by atoms with Crippen LogP contribution in [0.1, 0.15) is 38.3 Å². The summed E-state index contributed by atoms with van der Waals surface area (Å²) < 4.78 is 10.4. The molecule has 0 unspecified atom stereocenters. The number of hydrogen-bond donors (Lipinski definition) is 1. The predicted octanol–water partition coefficient (Wildman–Crippen LogP) is 2.43. The van der Waals surface area contributed by atoms with Gasteiger partial charge in [-0.2, -0.15) is 0 Å². The van der Waals surface area contributed by atoms with Crippen molar-refractivity contribution in [3.05, 3.63) is 29.8 Å². The van der Waals surface area contributed by atoms with E-state index in [-0.39, 0.29) is 18.6 Å². The van der Waals surface area contributed by atoms with Crippen molar-refractivity contribution >= 4 is 5.97 Å². The number of para-hydroxylation sites is 1. The number of nitrogens with two attached hydrogens (primary N) is 1. The van der Waals surface area contributed by atoms with E-state index in [4.69, 9.17) is 15.2 Å². The van der Waals surface area contributed by atoms with Crippen LogP contribution in [0.3, 0.4) is 0 Å². The van der Waals surface area contributed by atoms with E-state index in [2.05, 4.69) is 0 Å². The van der Waals surface area contributed by atoms with Crippen molar-refractivity contribution in [2.24, 2.45) is 5.73 Å². The highest BCUT2D eigenvalue weighted by atomic mass is 16.6. The number of benzene rings is 1. The molecule has 4 heteroatoms. The summed E-state index contributed by atoms with van der Waals surface area (Å²) in [6.07, 6.45) is 1.88. The van der Waals surface area contributed by atoms with Crippen molar-refractivity contribution < 1.29 is 14.3 Å². The molecule has 0 bridgehead atoms. The number of hydrogen-bond acceptors (Lipinski definition) is 4. The Hall–Kier alpha value is -1.55. The second-order valence-corrected chi connectivity index (χ2v) is 4.19. The number of unbranched alkanes of at least 4 members (excludes halogenated alkanes) is 1. The first-order valence-electron chi connectivity index (χ1n) is 6.28. The van der Waals surface area contributed by atoms with Gasteiger partial charge < -0.3 is 15.2 Å². The van der Waals surface area contributed by atoms with Gasteiger partial charge in [-0.15, -0.1) is 0 Å². The Labute approximate surface area is 108 Å².